The van der Waals surface area contributed by atoms with E-state index in [0.717, 1.165) is 0 Å². The number of nitrogens with one attached hydrogen (secondary N) is 3. The highest BCUT2D eigenvalue weighted by Gasteiger charge is 2.23. The zero-order valence-corrected chi connectivity index (χ0v) is 17.4. The highest BCUT2D eigenvalue weighted by molar-refractivity contribution is 7.89. The van der Waals surface area contributed by atoms with Gasteiger partial charge in [0.05, 0.1) is 17.1 Å². The van der Waals surface area contributed by atoms with Crippen LogP contribution in [-0.2, 0) is 14.8 Å². The number of carbonyl (C=O) groups is 2. The van der Waals surface area contributed by atoms with E-state index in [4.69, 9.17) is 4.74 Å². The Morgan fingerprint density at radius 2 is 1.75 bits per heavy atom. The molecule has 0 aliphatic heterocycles. The number of ether oxygens (including phenoxy) is 1. The second-order valence-corrected chi connectivity index (χ2v) is 8.31. The van der Waals surface area contributed by atoms with Gasteiger partial charge in [0, 0.05) is 17.4 Å². The summed E-state index contributed by atoms with van der Waals surface area (Å²) in [4.78, 5) is 27.7. The van der Waals surface area contributed by atoms with Crippen LogP contribution in [0.5, 0.6) is 0 Å². The van der Waals surface area contributed by atoms with Gasteiger partial charge in [-0.1, -0.05) is 0 Å². The van der Waals surface area contributed by atoms with Crippen molar-refractivity contribution in [3.63, 3.8) is 0 Å². The van der Waals surface area contributed by atoms with Gasteiger partial charge in [-0.05, 0) is 64.4 Å². The first kappa shape index (κ1) is 21.6. The van der Waals surface area contributed by atoms with Crippen LogP contribution < -0.4 is 10.0 Å². The molecule has 9 heteroatoms. The van der Waals surface area contributed by atoms with E-state index in [-0.39, 0.29) is 23.2 Å². The smallest absolute Gasteiger partial charge is 0.340 e. The monoisotopic (exact) mass is 407 g/mol. The summed E-state index contributed by atoms with van der Waals surface area (Å²) in [7, 11) is -3.60. The number of hydrogen-bond donors (Lipinski definition) is 3. The molecule has 2 aromatic rings. The largest absolute Gasteiger partial charge is 0.462 e. The first-order chi connectivity index (χ1) is 13.1. The van der Waals surface area contributed by atoms with Crippen molar-refractivity contribution in [3.8, 4) is 0 Å². The molecule has 0 fully saturated rings. The molecule has 0 unspecified atom stereocenters. The molecule has 0 radical (unpaired) electrons. The Morgan fingerprint density at radius 3 is 2.29 bits per heavy atom. The summed E-state index contributed by atoms with van der Waals surface area (Å²) >= 11 is 0. The number of anilines is 1. The summed E-state index contributed by atoms with van der Waals surface area (Å²) < 4.78 is 31.8. The van der Waals surface area contributed by atoms with E-state index in [1.165, 1.54) is 24.3 Å². The van der Waals surface area contributed by atoms with Crippen LogP contribution in [0.4, 0.5) is 5.69 Å². The lowest BCUT2D eigenvalue weighted by Crippen LogP contribution is -2.30. The topological polar surface area (TPSA) is 117 Å². The predicted molar refractivity (Wildman–Crippen MR) is 106 cm³/mol. The van der Waals surface area contributed by atoms with Crippen LogP contribution in [0.25, 0.3) is 0 Å². The second kappa shape index (κ2) is 8.57. The maximum Gasteiger partial charge on any atom is 0.340 e. The third-order valence-electron chi connectivity index (χ3n) is 3.96. The van der Waals surface area contributed by atoms with Gasteiger partial charge in [-0.25, -0.2) is 17.9 Å². The molecule has 152 valence electrons. The summed E-state index contributed by atoms with van der Waals surface area (Å²) in [5.41, 5.74) is 2.06. The summed E-state index contributed by atoms with van der Waals surface area (Å²) in [6.07, 6.45) is 0. The van der Waals surface area contributed by atoms with Crippen molar-refractivity contribution in [3.05, 3.63) is 46.8 Å². The van der Waals surface area contributed by atoms with E-state index in [0.29, 0.717) is 22.5 Å². The SMILES string of the molecule is CCOC(=O)c1c(C)[nH]c(C(=O)Nc2ccc(S(=O)(=O)NC(C)C)cc2)c1C. The lowest BCUT2D eigenvalue weighted by atomic mass is 10.1. The predicted octanol–water partition coefficient (Wildman–Crippen LogP) is 2.75. The molecule has 28 heavy (non-hydrogen) atoms. The van der Waals surface area contributed by atoms with Crippen LogP contribution in [0, 0.1) is 13.8 Å². The van der Waals surface area contributed by atoms with Crippen LogP contribution in [0.1, 0.15) is 52.9 Å². The van der Waals surface area contributed by atoms with Gasteiger partial charge in [0.1, 0.15) is 5.69 Å². The number of rotatable bonds is 7. The van der Waals surface area contributed by atoms with Gasteiger partial charge in [0.15, 0.2) is 0 Å². The standard InChI is InChI=1S/C19H25N3O5S/c1-6-27-19(24)16-12(4)17(20-13(16)5)18(23)21-14-7-9-15(10-8-14)28(25,26)22-11(2)3/h7-11,20,22H,6H2,1-5H3,(H,21,23). The highest BCUT2D eigenvalue weighted by Crippen LogP contribution is 2.21. The molecule has 1 heterocycles. The molecule has 1 aromatic carbocycles. The Balaban J connectivity index is 2.20. The Labute approximate surface area is 164 Å². The number of aromatic amines is 1. The molecule has 0 bridgehead atoms. The zero-order valence-electron chi connectivity index (χ0n) is 16.5. The first-order valence-corrected chi connectivity index (χ1v) is 10.3. The third kappa shape index (κ3) is 4.79. The fourth-order valence-electron chi connectivity index (χ4n) is 2.78. The number of carbonyl (C=O) groups excluding carboxylic acids is 2. The summed E-state index contributed by atoms with van der Waals surface area (Å²) in [5, 5.41) is 2.69. The van der Waals surface area contributed by atoms with E-state index in [1.54, 1.807) is 34.6 Å². The van der Waals surface area contributed by atoms with Gasteiger partial charge in [0.25, 0.3) is 5.91 Å². The Hall–Kier alpha value is -2.65. The molecule has 1 amide bonds. The molecule has 1 aromatic heterocycles. The van der Waals surface area contributed by atoms with E-state index >= 15 is 0 Å². The number of amides is 1. The van der Waals surface area contributed by atoms with Crippen LogP contribution in [0.2, 0.25) is 0 Å². The minimum absolute atomic E-state index is 0.107. The van der Waals surface area contributed by atoms with Crippen molar-refractivity contribution < 1.29 is 22.7 Å². The van der Waals surface area contributed by atoms with Crippen molar-refractivity contribution in [1.82, 2.24) is 9.71 Å². The number of sulfonamides is 1. The Morgan fingerprint density at radius 1 is 1.14 bits per heavy atom. The summed E-state index contributed by atoms with van der Waals surface area (Å²) in [6.45, 7) is 8.78. The fraction of sp³-hybridized carbons (Fsp3) is 0.368. The number of aromatic nitrogens is 1. The van der Waals surface area contributed by atoms with Crippen molar-refractivity contribution in [2.75, 3.05) is 11.9 Å². The molecule has 0 saturated heterocycles. The summed E-state index contributed by atoms with van der Waals surface area (Å²) in [6, 6.07) is 5.61. The Kier molecular flexibility index (Phi) is 6.63. The molecule has 0 aliphatic rings. The normalized spacial score (nSPS) is 11.5. The van der Waals surface area contributed by atoms with Crippen molar-refractivity contribution in [1.29, 1.82) is 0 Å². The molecule has 2 rings (SSSR count). The van der Waals surface area contributed by atoms with Gasteiger partial charge in [-0.15, -0.1) is 0 Å². The average molecular weight is 407 g/mol. The average Bonchev–Trinajstić information content (AvgIpc) is 2.89. The maximum atomic E-state index is 12.6. The molecule has 0 spiro atoms. The van der Waals surface area contributed by atoms with E-state index in [1.807, 2.05) is 0 Å². The second-order valence-electron chi connectivity index (χ2n) is 6.60. The van der Waals surface area contributed by atoms with Crippen LogP contribution in [-0.4, -0.2) is 37.9 Å². The number of esters is 1. The van der Waals surface area contributed by atoms with Crippen molar-refractivity contribution >= 4 is 27.6 Å². The number of hydrogen-bond acceptors (Lipinski definition) is 5. The van der Waals surface area contributed by atoms with Crippen LogP contribution in [0.3, 0.4) is 0 Å². The van der Waals surface area contributed by atoms with E-state index < -0.39 is 21.9 Å². The van der Waals surface area contributed by atoms with Gasteiger partial charge < -0.3 is 15.0 Å². The molecule has 3 N–H and O–H groups in total. The highest BCUT2D eigenvalue weighted by atomic mass is 32.2. The molecule has 8 nitrogen and oxygen atoms in total. The quantitative estimate of drug-likeness (QED) is 0.610. The lowest BCUT2D eigenvalue weighted by molar-refractivity contribution is 0.0525. The fourth-order valence-corrected chi connectivity index (χ4v) is 4.03. The van der Waals surface area contributed by atoms with Gasteiger partial charge in [-0.2, -0.15) is 0 Å². The minimum Gasteiger partial charge on any atom is -0.462 e. The maximum absolute atomic E-state index is 12.6. The van der Waals surface area contributed by atoms with E-state index in [9.17, 15) is 18.0 Å². The van der Waals surface area contributed by atoms with Crippen molar-refractivity contribution in [2.24, 2.45) is 0 Å². The lowest BCUT2D eigenvalue weighted by Gasteiger charge is -2.10. The van der Waals surface area contributed by atoms with Gasteiger partial charge in [0.2, 0.25) is 10.0 Å². The zero-order chi connectivity index (χ0) is 21.1. The summed E-state index contributed by atoms with van der Waals surface area (Å²) in [5.74, 6) is -0.924. The molecular weight excluding hydrogens is 382 g/mol. The molecule has 0 aliphatic carbocycles. The van der Waals surface area contributed by atoms with Crippen LogP contribution >= 0.6 is 0 Å². The molecule has 0 saturated carbocycles. The number of benzene rings is 1. The Bertz CT molecular complexity index is 976. The minimum atomic E-state index is -3.60. The van der Waals surface area contributed by atoms with Crippen molar-refractivity contribution in [2.45, 2.75) is 45.6 Å². The number of aryl methyl sites for hydroxylation is 1. The number of H-pyrrole nitrogens is 1. The van der Waals surface area contributed by atoms with Crippen LogP contribution in [0.15, 0.2) is 29.2 Å². The van der Waals surface area contributed by atoms with Gasteiger partial charge in [-0.3, -0.25) is 4.79 Å². The van der Waals surface area contributed by atoms with E-state index in [2.05, 4.69) is 15.0 Å². The van der Waals surface area contributed by atoms with Gasteiger partial charge >= 0.3 is 5.97 Å². The first-order valence-electron chi connectivity index (χ1n) is 8.86. The molecule has 0 atom stereocenters. The molecular formula is C19H25N3O5S. The third-order valence-corrected chi connectivity index (χ3v) is 5.63.